The molecule has 8 rings (SSSR count). The van der Waals surface area contributed by atoms with Gasteiger partial charge in [0, 0.05) is 12.1 Å². The summed E-state index contributed by atoms with van der Waals surface area (Å²) in [4.78, 5) is 57.9. The first kappa shape index (κ1) is 27.6. The largest absolute Gasteiger partial charge is 0.297 e. The molecule has 0 radical (unpaired) electrons. The second kappa shape index (κ2) is 10.0. The Kier molecular flexibility index (Phi) is 6.02. The Labute approximate surface area is 264 Å². The van der Waals surface area contributed by atoms with Crippen molar-refractivity contribution in [3.8, 4) is 0 Å². The Morgan fingerprint density at radius 2 is 0.957 bits per heavy atom. The molecule has 5 aromatic rings. The van der Waals surface area contributed by atoms with Gasteiger partial charge in [0.2, 0.25) is 11.8 Å². The Hall–Kier alpha value is -5.95. The lowest BCUT2D eigenvalue weighted by molar-refractivity contribution is -0.384. The SMILES string of the molecule is O=C1[C@@H]2[C@H](C(=O)N1c1cccc([N+](=O)[O-])c1)[C@]1(c3ccccc3)C(=O)[C@]2(c2ccccc2)C(c2ccccc2)=C1c1ccccc1. The van der Waals surface area contributed by atoms with Crippen LogP contribution >= 0.6 is 0 Å². The molecule has 46 heavy (non-hydrogen) atoms. The van der Waals surface area contributed by atoms with Crippen LogP contribution in [0.5, 0.6) is 0 Å². The highest BCUT2D eigenvalue weighted by molar-refractivity contribution is 6.39. The maximum Gasteiger partial charge on any atom is 0.271 e. The minimum Gasteiger partial charge on any atom is -0.297 e. The molecule has 7 heteroatoms. The van der Waals surface area contributed by atoms with Gasteiger partial charge in [-0.25, -0.2) is 4.90 Å². The highest BCUT2D eigenvalue weighted by Gasteiger charge is 2.82. The normalized spacial score (nSPS) is 24.9. The number of hydrogen-bond acceptors (Lipinski definition) is 5. The van der Waals surface area contributed by atoms with E-state index < -0.39 is 39.4 Å². The third-order valence-electron chi connectivity index (χ3n) is 9.88. The van der Waals surface area contributed by atoms with Gasteiger partial charge in [-0.1, -0.05) is 127 Å². The van der Waals surface area contributed by atoms with E-state index in [1.807, 2.05) is 121 Å². The van der Waals surface area contributed by atoms with Crippen LogP contribution in [-0.2, 0) is 25.2 Å². The summed E-state index contributed by atoms with van der Waals surface area (Å²) >= 11 is 0. The van der Waals surface area contributed by atoms with Gasteiger partial charge >= 0.3 is 0 Å². The van der Waals surface area contributed by atoms with Gasteiger partial charge in [-0.2, -0.15) is 0 Å². The Morgan fingerprint density at radius 1 is 0.543 bits per heavy atom. The van der Waals surface area contributed by atoms with Gasteiger partial charge < -0.3 is 0 Å². The number of benzene rings is 5. The summed E-state index contributed by atoms with van der Waals surface area (Å²) < 4.78 is 0. The van der Waals surface area contributed by atoms with Crippen molar-refractivity contribution >= 4 is 40.1 Å². The van der Waals surface area contributed by atoms with Crippen LogP contribution in [0.1, 0.15) is 22.3 Å². The Balaban J connectivity index is 1.53. The average molecular weight is 603 g/mol. The lowest BCUT2D eigenvalue weighted by Crippen LogP contribution is -2.45. The Morgan fingerprint density at radius 3 is 1.37 bits per heavy atom. The maximum absolute atomic E-state index is 15.8. The first-order valence-corrected chi connectivity index (χ1v) is 15.1. The second-order valence-corrected chi connectivity index (χ2v) is 11.9. The first-order chi connectivity index (χ1) is 22.4. The number of hydrogen-bond donors (Lipinski definition) is 0. The van der Waals surface area contributed by atoms with Crippen molar-refractivity contribution in [2.24, 2.45) is 11.8 Å². The fourth-order valence-electron chi connectivity index (χ4n) is 8.33. The predicted octanol–water partition coefficient (Wildman–Crippen LogP) is 6.78. The summed E-state index contributed by atoms with van der Waals surface area (Å²) in [6.45, 7) is 0. The summed E-state index contributed by atoms with van der Waals surface area (Å²) in [5.41, 5.74) is 1.02. The fraction of sp³-hybridized carbons (Fsp3) is 0.103. The number of ketones is 1. The number of carbonyl (C=O) groups excluding carboxylic acids is 3. The van der Waals surface area contributed by atoms with Crippen LogP contribution in [0.4, 0.5) is 11.4 Å². The highest BCUT2D eigenvalue weighted by atomic mass is 16.6. The summed E-state index contributed by atoms with van der Waals surface area (Å²) in [6.07, 6.45) is 0. The van der Waals surface area contributed by atoms with Crippen LogP contribution in [0.15, 0.2) is 146 Å². The molecule has 1 saturated carbocycles. The fourth-order valence-corrected chi connectivity index (χ4v) is 8.33. The van der Waals surface area contributed by atoms with Gasteiger partial charge in [-0.15, -0.1) is 0 Å². The third-order valence-corrected chi connectivity index (χ3v) is 9.88. The van der Waals surface area contributed by atoms with E-state index in [2.05, 4.69) is 0 Å². The monoisotopic (exact) mass is 602 g/mol. The standard InChI is InChI=1S/C39H26N2O5/c42-35-33-34(36(43)40(35)29-22-13-23-30(24-29)41(45)46)39(28-20-11-4-12-21-28)32(26-16-7-2-8-17-26)31(25-14-5-1-6-15-25)38(33,37(39)44)27-18-9-3-10-19-27/h1-24,33-34H/t33-,34+,38-,39-/m1/s1. The van der Waals surface area contributed by atoms with Gasteiger partial charge in [0.1, 0.15) is 0 Å². The number of nitro groups is 1. The van der Waals surface area contributed by atoms with Gasteiger partial charge in [0.05, 0.1) is 33.3 Å². The van der Waals surface area contributed by atoms with Crippen molar-refractivity contribution in [1.29, 1.82) is 0 Å². The molecule has 2 aliphatic carbocycles. The number of nitrogens with zero attached hydrogens (tertiary/aromatic N) is 2. The molecular weight excluding hydrogens is 576 g/mol. The molecule has 0 N–H and O–H groups in total. The van der Waals surface area contributed by atoms with E-state index in [1.165, 1.54) is 24.3 Å². The van der Waals surface area contributed by atoms with Crippen LogP contribution < -0.4 is 4.90 Å². The number of rotatable bonds is 6. The van der Waals surface area contributed by atoms with Gasteiger partial charge in [-0.3, -0.25) is 24.5 Å². The number of non-ortho nitro benzene ring substituents is 1. The van der Waals surface area contributed by atoms with Crippen LogP contribution in [0.25, 0.3) is 11.1 Å². The van der Waals surface area contributed by atoms with Crippen LogP contribution in [-0.4, -0.2) is 22.5 Å². The molecule has 2 bridgehead atoms. The van der Waals surface area contributed by atoms with Crippen molar-refractivity contribution in [2.45, 2.75) is 10.8 Å². The molecule has 7 nitrogen and oxygen atoms in total. The minimum absolute atomic E-state index is 0.111. The smallest absolute Gasteiger partial charge is 0.271 e. The molecule has 1 aliphatic heterocycles. The number of nitro benzene ring substituents is 1. The van der Waals surface area contributed by atoms with Crippen LogP contribution in [0, 0.1) is 22.0 Å². The molecule has 4 atom stereocenters. The molecule has 0 spiro atoms. The molecule has 3 aliphatic rings. The molecule has 5 aromatic carbocycles. The van der Waals surface area contributed by atoms with E-state index >= 15 is 4.79 Å². The first-order valence-electron chi connectivity index (χ1n) is 15.1. The summed E-state index contributed by atoms with van der Waals surface area (Å²) in [5, 5.41) is 11.7. The summed E-state index contributed by atoms with van der Waals surface area (Å²) in [6, 6.07) is 43.3. The van der Waals surface area contributed by atoms with Crippen molar-refractivity contribution in [1.82, 2.24) is 0 Å². The van der Waals surface area contributed by atoms with Gasteiger partial charge in [0.25, 0.3) is 5.69 Å². The van der Waals surface area contributed by atoms with Crippen molar-refractivity contribution < 1.29 is 19.3 Å². The zero-order chi connectivity index (χ0) is 31.6. The summed E-state index contributed by atoms with van der Waals surface area (Å²) in [5.74, 6) is -3.52. The molecule has 2 fully saturated rings. The number of imide groups is 1. The quantitative estimate of drug-likeness (QED) is 0.121. The molecule has 1 heterocycles. The number of carbonyl (C=O) groups is 3. The number of Topliss-reactive ketones (excluding diaryl/α,β-unsaturated/α-hetero) is 1. The lowest BCUT2D eigenvalue weighted by Gasteiger charge is -2.39. The maximum atomic E-state index is 15.8. The number of anilines is 1. The van der Waals surface area contributed by atoms with E-state index in [9.17, 15) is 19.7 Å². The number of allylic oxidation sites excluding steroid dienone is 2. The average Bonchev–Trinajstić information content (AvgIpc) is 3.62. The molecule has 0 unspecified atom stereocenters. The van der Waals surface area contributed by atoms with Crippen molar-refractivity contribution in [2.75, 3.05) is 4.90 Å². The third kappa shape index (κ3) is 3.39. The molecule has 1 saturated heterocycles. The number of amides is 2. The van der Waals surface area contributed by atoms with E-state index in [0.717, 1.165) is 16.0 Å². The van der Waals surface area contributed by atoms with E-state index in [-0.39, 0.29) is 17.2 Å². The number of fused-ring (bicyclic) bond motifs is 5. The topological polar surface area (TPSA) is 97.6 Å². The van der Waals surface area contributed by atoms with Crippen LogP contribution in [0.2, 0.25) is 0 Å². The van der Waals surface area contributed by atoms with Crippen LogP contribution in [0.3, 0.4) is 0 Å². The second-order valence-electron chi connectivity index (χ2n) is 11.9. The zero-order valence-electron chi connectivity index (χ0n) is 24.4. The van der Waals surface area contributed by atoms with Crippen molar-refractivity contribution in [3.05, 3.63) is 178 Å². The van der Waals surface area contributed by atoms with Gasteiger partial charge in [0.15, 0.2) is 5.78 Å². The molecule has 222 valence electrons. The molecule has 0 aromatic heterocycles. The lowest BCUT2D eigenvalue weighted by atomic mass is 9.59. The predicted molar refractivity (Wildman–Crippen MR) is 174 cm³/mol. The van der Waals surface area contributed by atoms with Crippen molar-refractivity contribution in [3.63, 3.8) is 0 Å². The highest BCUT2D eigenvalue weighted by Crippen LogP contribution is 2.74. The zero-order valence-corrected chi connectivity index (χ0v) is 24.4. The summed E-state index contributed by atoms with van der Waals surface area (Å²) in [7, 11) is 0. The molecular formula is C39H26N2O5. The van der Waals surface area contributed by atoms with E-state index in [4.69, 9.17) is 0 Å². The van der Waals surface area contributed by atoms with E-state index in [0.29, 0.717) is 22.3 Å². The minimum atomic E-state index is -1.53. The van der Waals surface area contributed by atoms with E-state index in [1.54, 1.807) is 0 Å². The van der Waals surface area contributed by atoms with Gasteiger partial charge in [-0.05, 0) is 39.5 Å². The molecule has 2 amide bonds. The Bertz CT molecular complexity index is 1980.